The lowest BCUT2D eigenvalue weighted by Gasteiger charge is -2.44. The molecule has 29 heavy (non-hydrogen) atoms. The number of carbonyl (C=O) groups excluding carboxylic acids is 2. The highest BCUT2D eigenvalue weighted by Gasteiger charge is 2.35. The zero-order valence-corrected chi connectivity index (χ0v) is 16.8. The number of carbonyl (C=O) groups is 2. The largest absolute Gasteiger partial charge is 0.416 e. The molecule has 2 fully saturated rings. The minimum absolute atomic E-state index is 0.00407. The number of fused-ring (bicyclic) bond motifs is 1. The summed E-state index contributed by atoms with van der Waals surface area (Å²) in [5.41, 5.74) is -0.170. The number of hydrogen-bond acceptors (Lipinski definition) is 2. The number of nitrogens with zero attached hydrogens (tertiary/aromatic N) is 1. The summed E-state index contributed by atoms with van der Waals surface area (Å²) in [6.45, 7) is 0.837. The van der Waals surface area contributed by atoms with E-state index in [9.17, 15) is 22.8 Å². The minimum Gasteiger partial charge on any atom is -0.339 e. The molecule has 0 N–H and O–H groups in total. The molecule has 160 valence electrons. The van der Waals surface area contributed by atoms with Crippen LogP contribution in [0, 0.1) is 5.92 Å². The van der Waals surface area contributed by atoms with Gasteiger partial charge in [0.2, 0.25) is 5.91 Å². The lowest BCUT2D eigenvalue weighted by atomic mass is 9.78. The Kier molecular flexibility index (Phi) is 7.36. The van der Waals surface area contributed by atoms with Crippen molar-refractivity contribution in [1.29, 1.82) is 0 Å². The highest BCUT2D eigenvalue weighted by Crippen LogP contribution is 2.35. The molecule has 0 aromatic heterocycles. The number of halogens is 3. The maximum absolute atomic E-state index is 12.8. The smallest absolute Gasteiger partial charge is 0.339 e. The highest BCUT2D eigenvalue weighted by atomic mass is 19.4. The molecule has 3 rings (SSSR count). The summed E-state index contributed by atoms with van der Waals surface area (Å²) in [6, 6.07) is 5.52. The molecule has 2 unspecified atom stereocenters. The molecule has 1 amide bonds. The first-order valence-corrected chi connectivity index (χ1v) is 10.8. The number of amides is 1. The number of Topliss-reactive ketones (excluding diaryl/α,β-unsaturated/α-hetero) is 1. The van der Waals surface area contributed by atoms with E-state index in [2.05, 4.69) is 4.90 Å². The Morgan fingerprint density at radius 2 is 1.76 bits per heavy atom. The number of piperidine rings is 1. The first-order valence-electron chi connectivity index (χ1n) is 10.8. The summed E-state index contributed by atoms with van der Waals surface area (Å²) in [5, 5.41) is 0. The molecule has 6 heteroatoms. The number of hydrogen-bond donors (Lipinski definition) is 0. The lowest BCUT2D eigenvalue weighted by Crippen LogP contribution is -2.49. The summed E-state index contributed by atoms with van der Waals surface area (Å²) in [6.07, 6.45) is 4.45. The topological polar surface area (TPSA) is 37.4 Å². The molecular formula is C23H30F3NO2. The van der Waals surface area contributed by atoms with Gasteiger partial charge in [-0.15, -0.1) is 0 Å². The number of ketones is 1. The molecule has 0 bridgehead atoms. The van der Waals surface area contributed by atoms with Crippen molar-refractivity contribution in [3.63, 3.8) is 0 Å². The highest BCUT2D eigenvalue weighted by molar-refractivity contribution is 5.80. The Hall–Kier alpha value is -1.85. The Bertz CT molecular complexity index is 714. The molecule has 1 aliphatic heterocycles. The molecule has 1 saturated carbocycles. The van der Waals surface area contributed by atoms with Crippen molar-refractivity contribution in [1.82, 2.24) is 4.90 Å². The Morgan fingerprint density at radius 1 is 1.00 bits per heavy atom. The van der Waals surface area contributed by atoms with Gasteiger partial charge in [-0.2, -0.15) is 13.2 Å². The summed E-state index contributed by atoms with van der Waals surface area (Å²) in [4.78, 5) is 26.8. The van der Waals surface area contributed by atoms with Gasteiger partial charge in [-0.05, 0) is 56.1 Å². The van der Waals surface area contributed by atoms with Crippen molar-refractivity contribution in [2.45, 2.75) is 82.8 Å². The zero-order chi connectivity index (χ0) is 20.9. The van der Waals surface area contributed by atoms with Crippen LogP contribution < -0.4 is 0 Å². The summed E-state index contributed by atoms with van der Waals surface area (Å²) < 4.78 is 38.3. The van der Waals surface area contributed by atoms with Crippen LogP contribution in [0.25, 0.3) is 0 Å². The summed E-state index contributed by atoms with van der Waals surface area (Å²) >= 11 is 0. The third-order valence-electron chi connectivity index (χ3n) is 6.36. The van der Waals surface area contributed by atoms with Crippen molar-refractivity contribution in [3.05, 3.63) is 35.4 Å². The number of likely N-dealkylation sites (tertiary alicyclic amines) is 1. The Labute approximate surface area is 170 Å². The molecule has 0 radical (unpaired) electrons. The van der Waals surface area contributed by atoms with E-state index in [1.165, 1.54) is 31.7 Å². The quantitative estimate of drug-likeness (QED) is 0.591. The van der Waals surface area contributed by atoms with Crippen LogP contribution in [0.1, 0.15) is 75.3 Å². The molecule has 1 saturated heterocycles. The molecule has 1 aromatic carbocycles. The van der Waals surface area contributed by atoms with E-state index in [1.807, 2.05) is 0 Å². The van der Waals surface area contributed by atoms with Crippen molar-refractivity contribution < 1.29 is 22.8 Å². The van der Waals surface area contributed by atoms with Gasteiger partial charge in [0.05, 0.1) is 5.56 Å². The zero-order valence-electron chi connectivity index (χ0n) is 16.8. The van der Waals surface area contributed by atoms with E-state index in [-0.39, 0.29) is 18.1 Å². The van der Waals surface area contributed by atoms with Gasteiger partial charge in [-0.25, -0.2) is 0 Å². The summed E-state index contributed by atoms with van der Waals surface area (Å²) in [7, 11) is 0. The number of aryl methyl sites for hydroxylation is 1. The average molecular weight is 409 g/mol. The maximum atomic E-state index is 12.8. The van der Waals surface area contributed by atoms with Gasteiger partial charge in [0.15, 0.2) is 0 Å². The normalized spacial score (nSPS) is 22.2. The van der Waals surface area contributed by atoms with Gasteiger partial charge in [0, 0.05) is 31.8 Å². The van der Waals surface area contributed by atoms with Crippen LogP contribution in [0.2, 0.25) is 0 Å². The summed E-state index contributed by atoms with van der Waals surface area (Å²) in [5.74, 6) is 0.812. The van der Waals surface area contributed by atoms with E-state index in [4.69, 9.17) is 0 Å². The standard InChI is InChI=1S/C23H30F3NO2/c24-23(25,26)19-9-3-6-17(16-19)13-14-20(28)10-4-12-22(29)27-15-5-8-18-7-1-2-11-21(18)27/h3,6,9,16,18,21H,1-2,4-5,7-8,10-15H2. The van der Waals surface area contributed by atoms with Gasteiger partial charge in [0.1, 0.15) is 5.78 Å². The van der Waals surface area contributed by atoms with Crippen LogP contribution in [0.15, 0.2) is 24.3 Å². The average Bonchev–Trinajstić information content (AvgIpc) is 2.71. The van der Waals surface area contributed by atoms with Gasteiger partial charge >= 0.3 is 6.18 Å². The van der Waals surface area contributed by atoms with Crippen LogP contribution in [-0.2, 0) is 22.2 Å². The first kappa shape index (κ1) is 21.8. The molecule has 2 atom stereocenters. The molecule has 1 aromatic rings. The van der Waals surface area contributed by atoms with Gasteiger partial charge in [0.25, 0.3) is 0 Å². The molecule has 0 spiro atoms. The van der Waals surface area contributed by atoms with E-state index in [0.717, 1.165) is 31.5 Å². The monoisotopic (exact) mass is 409 g/mol. The van der Waals surface area contributed by atoms with E-state index >= 15 is 0 Å². The van der Waals surface area contributed by atoms with Crippen LogP contribution in [0.4, 0.5) is 13.2 Å². The van der Waals surface area contributed by atoms with E-state index in [1.54, 1.807) is 6.07 Å². The van der Waals surface area contributed by atoms with Crippen molar-refractivity contribution in [3.8, 4) is 0 Å². The number of alkyl halides is 3. The van der Waals surface area contributed by atoms with E-state index < -0.39 is 11.7 Å². The number of rotatable bonds is 7. The molecule has 1 heterocycles. The predicted molar refractivity (Wildman–Crippen MR) is 105 cm³/mol. The van der Waals surface area contributed by atoms with Crippen LogP contribution in [-0.4, -0.2) is 29.2 Å². The van der Waals surface area contributed by atoms with Crippen molar-refractivity contribution in [2.75, 3.05) is 6.54 Å². The third kappa shape index (κ3) is 6.06. The van der Waals surface area contributed by atoms with Crippen LogP contribution >= 0.6 is 0 Å². The Morgan fingerprint density at radius 3 is 2.55 bits per heavy atom. The number of benzene rings is 1. The molecular weight excluding hydrogens is 379 g/mol. The van der Waals surface area contributed by atoms with Gasteiger partial charge in [-0.1, -0.05) is 31.0 Å². The second-order valence-electron chi connectivity index (χ2n) is 8.43. The van der Waals surface area contributed by atoms with Crippen LogP contribution in [0.5, 0.6) is 0 Å². The van der Waals surface area contributed by atoms with Gasteiger partial charge < -0.3 is 4.90 Å². The minimum atomic E-state index is -4.37. The second-order valence-corrected chi connectivity index (χ2v) is 8.43. The maximum Gasteiger partial charge on any atom is 0.416 e. The fraction of sp³-hybridized carbons (Fsp3) is 0.652. The Balaban J connectivity index is 1.40. The van der Waals surface area contributed by atoms with Crippen molar-refractivity contribution in [2.24, 2.45) is 5.92 Å². The van der Waals surface area contributed by atoms with Crippen molar-refractivity contribution >= 4 is 11.7 Å². The van der Waals surface area contributed by atoms with Gasteiger partial charge in [-0.3, -0.25) is 9.59 Å². The fourth-order valence-electron chi connectivity index (χ4n) is 4.83. The lowest BCUT2D eigenvalue weighted by molar-refractivity contribution is -0.138. The van der Waals surface area contributed by atoms with E-state index in [0.29, 0.717) is 43.2 Å². The molecule has 2 aliphatic rings. The van der Waals surface area contributed by atoms with Crippen LogP contribution in [0.3, 0.4) is 0 Å². The second kappa shape index (κ2) is 9.77. The molecule has 1 aliphatic carbocycles. The molecule has 3 nitrogen and oxygen atoms in total. The fourth-order valence-corrected chi connectivity index (χ4v) is 4.83. The third-order valence-corrected chi connectivity index (χ3v) is 6.36. The predicted octanol–water partition coefficient (Wildman–Crippen LogP) is 5.56. The first-order chi connectivity index (χ1) is 13.8. The SMILES string of the molecule is O=C(CCCC(=O)N1CCCC2CCCCC21)CCc1cccc(C(F)(F)F)c1.